The SMILES string of the molecule is CCN(CCCCOC(=O)C(C)C)C(C)Cc1ccc(OC)cc1. The molecule has 0 fully saturated rings. The van der Waals surface area contributed by atoms with Crippen molar-refractivity contribution in [2.45, 2.75) is 53.0 Å². The van der Waals surface area contributed by atoms with Crippen LogP contribution in [0.1, 0.15) is 46.1 Å². The third-order valence-corrected chi connectivity index (χ3v) is 4.28. The predicted octanol–water partition coefficient (Wildman–Crippen LogP) is 3.93. The summed E-state index contributed by atoms with van der Waals surface area (Å²) in [6.45, 7) is 10.8. The van der Waals surface area contributed by atoms with Gasteiger partial charge in [-0.1, -0.05) is 32.9 Å². The summed E-state index contributed by atoms with van der Waals surface area (Å²) in [4.78, 5) is 13.9. The van der Waals surface area contributed by atoms with Gasteiger partial charge in [-0.15, -0.1) is 0 Å². The van der Waals surface area contributed by atoms with Crippen molar-refractivity contribution in [1.82, 2.24) is 4.90 Å². The maximum Gasteiger partial charge on any atom is 0.308 e. The van der Waals surface area contributed by atoms with Crippen LogP contribution in [0.2, 0.25) is 0 Å². The summed E-state index contributed by atoms with van der Waals surface area (Å²) in [6.07, 6.45) is 3.00. The third-order valence-electron chi connectivity index (χ3n) is 4.28. The zero-order valence-electron chi connectivity index (χ0n) is 15.9. The Morgan fingerprint density at radius 1 is 1.12 bits per heavy atom. The Labute approximate surface area is 147 Å². The second-order valence-corrected chi connectivity index (χ2v) is 6.56. The average Bonchev–Trinajstić information content (AvgIpc) is 2.58. The van der Waals surface area contributed by atoms with Gasteiger partial charge in [-0.3, -0.25) is 4.79 Å². The van der Waals surface area contributed by atoms with E-state index in [-0.39, 0.29) is 11.9 Å². The molecule has 1 aromatic rings. The molecule has 4 nitrogen and oxygen atoms in total. The number of hydrogen-bond acceptors (Lipinski definition) is 4. The molecule has 4 heteroatoms. The first-order valence-corrected chi connectivity index (χ1v) is 9.01. The highest BCUT2D eigenvalue weighted by Gasteiger charge is 2.13. The average molecular weight is 335 g/mol. The van der Waals surface area contributed by atoms with Crippen LogP contribution < -0.4 is 4.74 Å². The van der Waals surface area contributed by atoms with Crippen molar-refractivity contribution >= 4 is 5.97 Å². The first kappa shape index (κ1) is 20.5. The van der Waals surface area contributed by atoms with Crippen molar-refractivity contribution in [2.24, 2.45) is 5.92 Å². The zero-order chi connectivity index (χ0) is 17.9. The van der Waals surface area contributed by atoms with Crippen LogP contribution in [0.5, 0.6) is 5.75 Å². The van der Waals surface area contributed by atoms with E-state index in [1.165, 1.54) is 5.56 Å². The lowest BCUT2D eigenvalue weighted by molar-refractivity contribution is -0.147. The largest absolute Gasteiger partial charge is 0.497 e. The number of hydrogen-bond donors (Lipinski definition) is 0. The molecule has 0 amide bonds. The standard InChI is InChI=1S/C20H33NO3/c1-6-21(13-7-8-14-24-20(22)16(2)3)17(4)15-18-9-11-19(23-5)12-10-18/h9-12,16-17H,6-8,13-15H2,1-5H3. The van der Waals surface area contributed by atoms with Crippen LogP contribution in [-0.4, -0.2) is 43.7 Å². The molecule has 1 atom stereocenters. The molecule has 0 radical (unpaired) electrons. The Morgan fingerprint density at radius 2 is 1.79 bits per heavy atom. The molecule has 0 aromatic heterocycles. The summed E-state index contributed by atoms with van der Waals surface area (Å²) in [5.74, 6) is 0.756. The monoisotopic (exact) mass is 335 g/mol. The Hall–Kier alpha value is -1.55. The molecular weight excluding hydrogens is 302 g/mol. The predicted molar refractivity (Wildman–Crippen MR) is 98.4 cm³/mol. The molecule has 0 N–H and O–H groups in total. The van der Waals surface area contributed by atoms with Gasteiger partial charge in [-0.25, -0.2) is 0 Å². The van der Waals surface area contributed by atoms with Crippen molar-refractivity contribution in [3.63, 3.8) is 0 Å². The Kier molecular flexibility index (Phi) is 9.46. The molecule has 0 heterocycles. The number of nitrogens with zero attached hydrogens (tertiary/aromatic N) is 1. The highest BCUT2D eigenvalue weighted by molar-refractivity contribution is 5.71. The van der Waals surface area contributed by atoms with Gasteiger partial charge < -0.3 is 14.4 Å². The first-order valence-electron chi connectivity index (χ1n) is 9.01. The highest BCUT2D eigenvalue weighted by Crippen LogP contribution is 2.15. The van der Waals surface area contributed by atoms with Crippen LogP contribution in [0, 0.1) is 5.92 Å². The second kappa shape index (κ2) is 11.1. The minimum atomic E-state index is -0.102. The number of rotatable bonds is 11. The van der Waals surface area contributed by atoms with E-state index in [2.05, 4.69) is 30.9 Å². The van der Waals surface area contributed by atoms with E-state index in [9.17, 15) is 4.79 Å². The first-order chi connectivity index (χ1) is 11.5. The number of esters is 1. The third kappa shape index (κ3) is 7.35. The molecule has 0 saturated heterocycles. The van der Waals surface area contributed by atoms with E-state index < -0.39 is 0 Å². The fraction of sp³-hybridized carbons (Fsp3) is 0.650. The van der Waals surface area contributed by atoms with Crippen molar-refractivity contribution in [3.8, 4) is 5.75 Å². The summed E-state index contributed by atoms with van der Waals surface area (Å²) in [5.41, 5.74) is 1.33. The number of carbonyl (C=O) groups excluding carboxylic acids is 1. The number of ether oxygens (including phenoxy) is 2. The Morgan fingerprint density at radius 3 is 2.33 bits per heavy atom. The van der Waals surface area contributed by atoms with E-state index >= 15 is 0 Å². The molecule has 136 valence electrons. The summed E-state index contributed by atoms with van der Waals surface area (Å²) in [6, 6.07) is 8.79. The topological polar surface area (TPSA) is 38.8 Å². The molecule has 0 aliphatic heterocycles. The van der Waals surface area contributed by atoms with E-state index in [1.54, 1.807) is 7.11 Å². The van der Waals surface area contributed by atoms with Crippen LogP contribution in [0.4, 0.5) is 0 Å². The van der Waals surface area contributed by atoms with Crippen molar-refractivity contribution < 1.29 is 14.3 Å². The van der Waals surface area contributed by atoms with E-state index in [4.69, 9.17) is 9.47 Å². The van der Waals surface area contributed by atoms with E-state index in [0.717, 1.165) is 38.1 Å². The molecule has 0 bridgehead atoms. The number of benzene rings is 1. The molecule has 1 aromatic carbocycles. The maximum absolute atomic E-state index is 11.4. The van der Waals surface area contributed by atoms with Crippen LogP contribution in [0.15, 0.2) is 24.3 Å². The highest BCUT2D eigenvalue weighted by atomic mass is 16.5. The molecule has 1 unspecified atom stereocenters. The number of carbonyl (C=O) groups is 1. The molecule has 0 spiro atoms. The van der Waals surface area contributed by atoms with Crippen LogP contribution in [0.25, 0.3) is 0 Å². The van der Waals surface area contributed by atoms with Gasteiger partial charge in [0, 0.05) is 6.04 Å². The molecule has 1 rings (SSSR count). The van der Waals surface area contributed by atoms with Crippen molar-refractivity contribution in [1.29, 1.82) is 0 Å². The summed E-state index contributed by atoms with van der Waals surface area (Å²) in [7, 11) is 1.69. The lowest BCUT2D eigenvalue weighted by Crippen LogP contribution is -2.35. The molecular formula is C20H33NO3. The van der Waals surface area contributed by atoms with Gasteiger partial charge in [0.05, 0.1) is 19.6 Å². The molecule has 0 aliphatic carbocycles. The smallest absolute Gasteiger partial charge is 0.308 e. The molecule has 24 heavy (non-hydrogen) atoms. The van der Waals surface area contributed by atoms with Gasteiger partial charge in [0.2, 0.25) is 0 Å². The second-order valence-electron chi connectivity index (χ2n) is 6.56. The fourth-order valence-electron chi connectivity index (χ4n) is 2.68. The van der Waals surface area contributed by atoms with Gasteiger partial charge >= 0.3 is 5.97 Å². The summed E-state index contributed by atoms with van der Waals surface area (Å²) < 4.78 is 10.4. The summed E-state index contributed by atoms with van der Waals surface area (Å²) >= 11 is 0. The van der Waals surface area contributed by atoms with Gasteiger partial charge in [0.1, 0.15) is 5.75 Å². The van der Waals surface area contributed by atoms with Crippen LogP contribution >= 0.6 is 0 Å². The summed E-state index contributed by atoms with van der Waals surface area (Å²) in [5, 5.41) is 0. The Balaban J connectivity index is 2.32. The van der Waals surface area contributed by atoms with Crippen molar-refractivity contribution in [3.05, 3.63) is 29.8 Å². The molecule has 0 saturated carbocycles. The Bertz CT molecular complexity index is 470. The van der Waals surface area contributed by atoms with Crippen molar-refractivity contribution in [2.75, 3.05) is 26.8 Å². The van der Waals surface area contributed by atoms with Crippen LogP contribution in [0.3, 0.4) is 0 Å². The number of unbranched alkanes of at least 4 members (excludes halogenated alkanes) is 1. The lowest BCUT2D eigenvalue weighted by atomic mass is 10.1. The van der Waals surface area contributed by atoms with E-state index in [1.807, 2.05) is 26.0 Å². The van der Waals surface area contributed by atoms with E-state index in [0.29, 0.717) is 12.6 Å². The fourth-order valence-corrected chi connectivity index (χ4v) is 2.68. The normalized spacial score (nSPS) is 12.5. The number of methoxy groups -OCH3 is 1. The van der Waals surface area contributed by atoms with Gasteiger partial charge in [-0.05, 0) is 57.0 Å². The van der Waals surface area contributed by atoms with Gasteiger partial charge in [0.25, 0.3) is 0 Å². The molecule has 0 aliphatic rings. The van der Waals surface area contributed by atoms with Gasteiger partial charge in [-0.2, -0.15) is 0 Å². The number of likely N-dealkylation sites (N-methyl/N-ethyl adjacent to an activating group) is 1. The zero-order valence-corrected chi connectivity index (χ0v) is 15.9. The minimum absolute atomic E-state index is 0.0401. The minimum Gasteiger partial charge on any atom is -0.497 e. The van der Waals surface area contributed by atoms with Crippen LogP contribution in [-0.2, 0) is 16.0 Å². The van der Waals surface area contributed by atoms with Gasteiger partial charge in [0.15, 0.2) is 0 Å². The maximum atomic E-state index is 11.4. The lowest BCUT2D eigenvalue weighted by Gasteiger charge is -2.28. The quantitative estimate of drug-likeness (QED) is 0.454.